The molecule has 26 heavy (non-hydrogen) atoms. The lowest BCUT2D eigenvalue weighted by molar-refractivity contribution is 0.102. The number of aromatic nitrogens is 2. The largest absolute Gasteiger partial charge is 0.493 e. The molecule has 0 radical (unpaired) electrons. The lowest BCUT2D eigenvalue weighted by Crippen LogP contribution is -2.14. The molecule has 1 N–H and O–H groups in total. The Bertz CT molecular complexity index is 878. The minimum absolute atomic E-state index is 0.157. The quantitative estimate of drug-likeness (QED) is 0.639. The molecule has 2 aromatic carbocycles. The van der Waals surface area contributed by atoms with Crippen molar-refractivity contribution in [3.05, 3.63) is 59.9 Å². The van der Waals surface area contributed by atoms with Gasteiger partial charge in [-0.05, 0) is 53.1 Å². The average Bonchev–Trinajstić information content (AvgIpc) is 3.11. The Kier molecular flexibility index (Phi) is 5.58. The number of carbonyl (C=O) groups is 1. The Morgan fingerprint density at radius 2 is 1.92 bits per heavy atom. The highest BCUT2D eigenvalue weighted by atomic mass is 19.1. The average molecular weight is 355 g/mol. The highest BCUT2D eigenvalue weighted by molar-refractivity contribution is 6.07. The van der Waals surface area contributed by atoms with E-state index >= 15 is 0 Å². The SMILES string of the molecule is CCCCOc1ccccc1C(=O)Nc1nonc1-c1ccc(F)cc1. The fraction of sp³-hybridized carbons (Fsp3) is 0.211. The number of carbonyl (C=O) groups excluding carboxylic acids is 1. The summed E-state index contributed by atoms with van der Waals surface area (Å²) in [5.41, 5.74) is 1.29. The van der Waals surface area contributed by atoms with Crippen LogP contribution in [-0.4, -0.2) is 22.8 Å². The van der Waals surface area contributed by atoms with Gasteiger partial charge in [0.05, 0.1) is 12.2 Å². The molecule has 0 saturated carbocycles. The molecule has 0 saturated heterocycles. The van der Waals surface area contributed by atoms with Gasteiger partial charge in [-0.3, -0.25) is 4.79 Å². The predicted molar refractivity (Wildman–Crippen MR) is 94.5 cm³/mol. The summed E-state index contributed by atoms with van der Waals surface area (Å²) in [5, 5.41) is 10.2. The van der Waals surface area contributed by atoms with Crippen molar-refractivity contribution in [1.29, 1.82) is 0 Å². The first-order chi connectivity index (χ1) is 12.7. The second-order valence-electron chi connectivity index (χ2n) is 5.62. The molecule has 3 rings (SSSR count). The van der Waals surface area contributed by atoms with Crippen LogP contribution >= 0.6 is 0 Å². The van der Waals surface area contributed by atoms with E-state index in [4.69, 9.17) is 9.37 Å². The summed E-state index contributed by atoms with van der Waals surface area (Å²) in [6, 6.07) is 12.6. The molecular weight excluding hydrogens is 337 g/mol. The molecule has 0 aliphatic heterocycles. The van der Waals surface area contributed by atoms with Crippen molar-refractivity contribution in [1.82, 2.24) is 10.3 Å². The van der Waals surface area contributed by atoms with Crippen LogP contribution in [0.2, 0.25) is 0 Å². The number of hydrogen-bond donors (Lipinski definition) is 1. The van der Waals surface area contributed by atoms with Crippen molar-refractivity contribution >= 4 is 11.7 Å². The first-order valence-electron chi connectivity index (χ1n) is 8.30. The van der Waals surface area contributed by atoms with Gasteiger partial charge in [0.1, 0.15) is 11.6 Å². The number of unbranched alkanes of at least 4 members (excludes halogenated alkanes) is 1. The number of halogens is 1. The van der Waals surface area contributed by atoms with Crippen LogP contribution in [0.25, 0.3) is 11.3 Å². The summed E-state index contributed by atoms with van der Waals surface area (Å²) in [5.74, 6) is -0.103. The summed E-state index contributed by atoms with van der Waals surface area (Å²) in [6.07, 6.45) is 1.90. The number of benzene rings is 2. The van der Waals surface area contributed by atoms with Crippen molar-refractivity contribution < 1.29 is 18.6 Å². The smallest absolute Gasteiger partial charge is 0.260 e. The zero-order valence-electron chi connectivity index (χ0n) is 14.2. The van der Waals surface area contributed by atoms with Gasteiger partial charge in [-0.2, -0.15) is 0 Å². The lowest BCUT2D eigenvalue weighted by Gasteiger charge is -2.10. The standard InChI is InChI=1S/C19H18FN3O3/c1-2-3-12-25-16-7-5-4-6-15(16)19(24)21-18-17(22-26-23-18)13-8-10-14(20)11-9-13/h4-11H,2-3,12H2,1H3,(H,21,23,24). The fourth-order valence-electron chi connectivity index (χ4n) is 2.35. The van der Waals surface area contributed by atoms with E-state index in [0.29, 0.717) is 29.2 Å². The topological polar surface area (TPSA) is 77.2 Å². The fourth-order valence-corrected chi connectivity index (χ4v) is 2.35. The van der Waals surface area contributed by atoms with E-state index in [-0.39, 0.29) is 11.6 Å². The van der Waals surface area contributed by atoms with Gasteiger partial charge in [0.15, 0.2) is 5.69 Å². The van der Waals surface area contributed by atoms with E-state index in [1.54, 1.807) is 24.3 Å². The minimum atomic E-state index is -0.392. The number of para-hydroxylation sites is 1. The van der Waals surface area contributed by atoms with Crippen LogP contribution in [-0.2, 0) is 0 Å². The van der Waals surface area contributed by atoms with Gasteiger partial charge in [0, 0.05) is 5.56 Å². The second-order valence-corrected chi connectivity index (χ2v) is 5.62. The zero-order chi connectivity index (χ0) is 18.4. The molecule has 1 heterocycles. The number of nitrogens with one attached hydrogen (secondary N) is 1. The molecule has 0 aliphatic rings. The highest BCUT2D eigenvalue weighted by Crippen LogP contribution is 2.26. The molecule has 0 fully saturated rings. The van der Waals surface area contributed by atoms with Gasteiger partial charge in [0.25, 0.3) is 5.91 Å². The molecule has 0 spiro atoms. The number of ether oxygens (including phenoxy) is 1. The molecule has 134 valence electrons. The van der Waals surface area contributed by atoms with Gasteiger partial charge < -0.3 is 10.1 Å². The maximum absolute atomic E-state index is 13.1. The Labute approximate surface area is 149 Å². The van der Waals surface area contributed by atoms with Crippen LogP contribution < -0.4 is 10.1 Å². The maximum Gasteiger partial charge on any atom is 0.260 e. The summed E-state index contributed by atoms with van der Waals surface area (Å²) in [4.78, 5) is 12.6. The first-order valence-corrected chi connectivity index (χ1v) is 8.30. The third-order valence-electron chi connectivity index (χ3n) is 3.73. The van der Waals surface area contributed by atoms with E-state index in [0.717, 1.165) is 12.8 Å². The molecule has 1 amide bonds. The summed E-state index contributed by atoms with van der Waals surface area (Å²) in [7, 11) is 0. The summed E-state index contributed by atoms with van der Waals surface area (Å²) < 4.78 is 23.5. The number of amides is 1. The summed E-state index contributed by atoms with van der Waals surface area (Å²) >= 11 is 0. The molecule has 6 nitrogen and oxygen atoms in total. The second kappa shape index (κ2) is 8.24. The monoisotopic (exact) mass is 355 g/mol. The van der Waals surface area contributed by atoms with Gasteiger partial charge in [-0.25, -0.2) is 9.02 Å². The van der Waals surface area contributed by atoms with E-state index in [1.807, 2.05) is 0 Å². The van der Waals surface area contributed by atoms with Gasteiger partial charge in [-0.15, -0.1) is 0 Å². The molecule has 3 aromatic rings. The van der Waals surface area contributed by atoms with Gasteiger partial charge in [-0.1, -0.05) is 25.5 Å². The Morgan fingerprint density at radius 1 is 1.15 bits per heavy atom. The van der Waals surface area contributed by atoms with Crippen LogP contribution in [0.3, 0.4) is 0 Å². The Morgan fingerprint density at radius 3 is 2.69 bits per heavy atom. The van der Waals surface area contributed by atoms with Crippen LogP contribution in [0.15, 0.2) is 53.2 Å². The van der Waals surface area contributed by atoms with Gasteiger partial charge in [0.2, 0.25) is 5.82 Å². The van der Waals surface area contributed by atoms with Crippen molar-refractivity contribution in [3.63, 3.8) is 0 Å². The van der Waals surface area contributed by atoms with Crippen molar-refractivity contribution in [2.24, 2.45) is 0 Å². The Balaban J connectivity index is 1.79. The molecule has 1 aromatic heterocycles. The van der Waals surface area contributed by atoms with Crippen molar-refractivity contribution in [2.75, 3.05) is 11.9 Å². The molecule has 7 heteroatoms. The molecule has 0 aliphatic carbocycles. The molecular formula is C19H18FN3O3. The van der Waals surface area contributed by atoms with E-state index < -0.39 is 5.91 Å². The third kappa shape index (κ3) is 4.05. The van der Waals surface area contributed by atoms with E-state index in [9.17, 15) is 9.18 Å². The summed E-state index contributed by atoms with van der Waals surface area (Å²) in [6.45, 7) is 2.60. The maximum atomic E-state index is 13.1. The number of hydrogen-bond acceptors (Lipinski definition) is 5. The highest BCUT2D eigenvalue weighted by Gasteiger charge is 2.18. The molecule has 0 atom stereocenters. The predicted octanol–water partition coefficient (Wildman–Crippen LogP) is 4.31. The number of rotatable bonds is 7. The number of nitrogens with zero attached hydrogens (tertiary/aromatic N) is 2. The Hall–Kier alpha value is -3.22. The minimum Gasteiger partial charge on any atom is -0.493 e. The zero-order valence-corrected chi connectivity index (χ0v) is 14.2. The van der Waals surface area contributed by atoms with Crippen molar-refractivity contribution in [3.8, 4) is 17.0 Å². The molecule has 0 bridgehead atoms. The first kappa shape index (κ1) is 17.6. The lowest BCUT2D eigenvalue weighted by atomic mass is 10.1. The van der Waals surface area contributed by atoms with E-state index in [2.05, 4.69) is 22.6 Å². The molecule has 0 unspecified atom stereocenters. The van der Waals surface area contributed by atoms with Crippen LogP contribution in [0.4, 0.5) is 10.2 Å². The normalized spacial score (nSPS) is 10.5. The van der Waals surface area contributed by atoms with Crippen LogP contribution in [0.1, 0.15) is 30.1 Å². The van der Waals surface area contributed by atoms with Crippen LogP contribution in [0, 0.1) is 5.82 Å². The van der Waals surface area contributed by atoms with Crippen LogP contribution in [0.5, 0.6) is 5.75 Å². The van der Waals surface area contributed by atoms with E-state index in [1.165, 1.54) is 24.3 Å². The van der Waals surface area contributed by atoms with Gasteiger partial charge >= 0.3 is 0 Å². The third-order valence-corrected chi connectivity index (χ3v) is 3.73. The number of anilines is 1. The van der Waals surface area contributed by atoms with Crippen molar-refractivity contribution in [2.45, 2.75) is 19.8 Å².